The van der Waals surface area contributed by atoms with E-state index >= 15 is 0 Å². The second kappa shape index (κ2) is 2.95. The lowest BCUT2D eigenvalue weighted by molar-refractivity contribution is 0.451. The zero-order chi connectivity index (χ0) is 10.4. The number of nitrogens with two attached hydrogens (primary N) is 1. The number of hydrogen-bond donors (Lipinski definition) is 1. The van der Waals surface area contributed by atoms with Gasteiger partial charge in [0.15, 0.2) is 5.65 Å². The summed E-state index contributed by atoms with van der Waals surface area (Å²) in [7, 11) is 0. The van der Waals surface area contributed by atoms with Crippen LogP contribution in [0.15, 0.2) is 18.5 Å². The molecule has 15 heavy (non-hydrogen) atoms. The number of aromatic nitrogens is 3. The molecule has 4 heteroatoms. The van der Waals surface area contributed by atoms with Crippen molar-refractivity contribution < 1.29 is 0 Å². The van der Waals surface area contributed by atoms with E-state index < -0.39 is 0 Å². The van der Waals surface area contributed by atoms with Gasteiger partial charge in [0.1, 0.15) is 0 Å². The highest BCUT2D eigenvalue weighted by molar-refractivity contribution is 5.77. The van der Waals surface area contributed by atoms with Gasteiger partial charge < -0.3 is 5.73 Å². The van der Waals surface area contributed by atoms with E-state index in [1.54, 1.807) is 6.20 Å². The van der Waals surface area contributed by atoms with Crippen molar-refractivity contribution in [3.63, 3.8) is 0 Å². The number of hydrogen-bond acceptors (Lipinski definition) is 3. The van der Waals surface area contributed by atoms with Gasteiger partial charge in [-0.15, -0.1) is 0 Å². The van der Waals surface area contributed by atoms with Crippen LogP contribution in [0.1, 0.15) is 25.8 Å². The van der Waals surface area contributed by atoms with E-state index in [1.165, 1.54) is 12.8 Å². The van der Waals surface area contributed by atoms with Crippen molar-refractivity contribution in [1.82, 2.24) is 14.8 Å². The molecule has 1 atom stereocenters. The number of rotatable bonds is 2. The standard InChI is InChI=1S/C11H14N4/c1-7(8-2-3-8)15-11-9(5-14-15)4-10(12)6-13-11/h4-8H,2-3,12H2,1H3/t7-/m1/s1. The van der Waals surface area contributed by atoms with E-state index in [9.17, 15) is 0 Å². The van der Waals surface area contributed by atoms with Gasteiger partial charge in [-0.1, -0.05) is 0 Å². The van der Waals surface area contributed by atoms with Gasteiger partial charge in [-0.05, 0) is 31.7 Å². The fraction of sp³-hybridized carbons (Fsp3) is 0.455. The quantitative estimate of drug-likeness (QED) is 0.810. The molecule has 0 aliphatic heterocycles. The van der Waals surface area contributed by atoms with Crippen LogP contribution in [0, 0.1) is 5.92 Å². The van der Waals surface area contributed by atoms with E-state index in [2.05, 4.69) is 17.0 Å². The molecule has 2 aromatic heterocycles. The monoisotopic (exact) mass is 202 g/mol. The van der Waals surface area contributed by atoms with Crippen molar-refractivity contribution in [2.45, 2.75) is 25.8 Å². The molecule has 1 saturated carbocycles. The van der Waals surface area contributed by atoms with Gasteiger partial charge in [0.25, 0.3) is 0 Å². The molecule has 4 nitrogen and oxygen atoms in total. The van der Waals surface area contributed by atoms with Crippen molar-refractivity contribution in [3.05, 3.63) is 18.5 Å². The Morgan fingerprint density at radius 1 is 1.47 bits per heavy atom. The molecular weight excluding hydrogens is 188 g/mol. The molecule has 0 saturated heterocycles. The van der Waals surface area contributed by atoms with Crippen molar-refractivity contribution in [2.24, 2.45) is 5.92 Å². The van der Waals surface area contributed by atoms with Crippen LogP contribution in [0.25, 0.3) is 11.0 Å². The van der Waals surface area contributed by atoms with Gasteiger partial charge in [0, 0.05) is 5.39 Å². The maximum absolute atomic E-state index is 5.68. The highest BCUT2D eigenvalue weighted by Gasteiger charge is 2.30. The minimum Gasteiger partial charge on any atom is -0.397 e. The zero-order valence-electron chi connectivity index (χ0n) is 8.72. The molecular formula is C11H14N4. The first-order chi connectivity index (χ1) is 7.25. The molecule has 0 aromatic carbocycles. The van der Waals surface area contributed by atoms with Crippen molar-refractivity contribution >= 4 is 16.7 Å². The van der Waals surface area contributed by atoms with E-state index in [0.29, 0.717) is 11.7 Å². The Bertz CT molecular complexity index is 498. The molecule has 2 N–H and O–H groups in total. The second-order valence-corrected chi connectivity index (χ2v) is 4.35. The summed E-state index contributed by atoms with van der Waals surface area (Å²) in [6, 6.07) is 2.38. The highest BCUT2D eigenvalue weighted by atomic mass is 15.3. The summed E-state index contributed by atoms with van der Waals surface area (Å²) < 4.78 is 2.02. The molecule has 0 radical (unpaired) electrons. The molecule has 3 rings (SSSR count). The lowest BCUT2D eigenvalue weighted by Gasteiger charge is -2.11. The Kier molecular flexibility index (Phi) is 1.71. The summed E-state index contributed by atoms with van der Waals surface area (Å²) in [5.41, 5.74) is 7.33. The largest absolute Gasteiger partial charge is 0.397 e. The third-order valence-corrected chi connectivity index (χ3v) is 3.14. The Balaban J connectivity index is 2.10. The number of fused-ring (bicyclic) bond motifs is 1. The number of pyridine rings is 1. The predicted molar refractivity (Wildman–Crippen MR) is 59.4 cm³/mol. The lowest BCUT2D eigenvalue weighted by Crippen LogP contribution is -2.09. The maximum atomic E-state index is 5.68. The summed E-state index contributed by atoms with van der Waals surface area (Å²) in [4.78, 5) is 4.35. The summed E-state index contributed by atoms with van der Waals surface area (Å²) in [5.74, 6) is 0.785. The first kappa shape index (κ1) is 8.71. The summed E-state index contributed by atoms with van der Waals surface area (Å²) in [6.45, 7) is 2.21. The average molecular weight is 202 g/mol. The topological polar surface area (TPSA) is 56.7 Å². The first-order valence-corrected chi connectivity index (χ1v) is 5.34. The molecule has 1 aliphatic carbocycles. The molecule has 78 valence electrons. The molecule has 0 unspecified atom stereocenters. The Morgan fingerprint density at radius 3 is 3.00 bits per heavy atom. The molecule has 1 aliphatic rings. The Hall–Kier alpha value is -1.58. The van der Waals surface area contributed by atoms with Crippen LogP contribution in [0.5, 0.6) is 0 Å². The Labute approximate surface area is 88.1 Å². The molecule has 2 heterocycles. The minimum atomic E-state index is 0.457. The van der Waals surface area contributed by atoms with Crippen LogP contribution in [0.4, 0.5) is 5.69 Å². The van der Waals surface area contributed by atoms with Crippen molar-refractivity contribution in [1.29, 1.82) is 0 Å². The smallest absolute Gasteiger partial charge is 0.158 e. The first-order valence-electron chi connectivity index (χ1n) is 5.34. The summed E-state index contributed by atoms with van der Waals surface area (Å²) in [5, 5.41) is 5.43. The number of nitrogens with zero attached hydrogens (tertiary/aromatic N) is 3. The van der Waals surface area contributed by atoms with Crippen LogP contribution in [-0.2, 0) is 0 Å². The summed E-state index contributed by atoms with van der Waals surface area (Å²) >= 11 is 0. The predicted octanol–water partition coefficient (Wildman–Crippen LogP) is 1.98. The van der Waals surface area contributed by atoms with Crippen LogP contribution < -0.4 is 5.73 Å². The van der Waals surface area contributed by atoms with Gasteiger partial charge in [0.05, 0.1) is 24.1 Å². The second-order valence-electron chi connectivity index (χ2n) is 4.35. The molecule has 0 bridgehead atoms. The van der Waals surface area contributed by atoms with Gasteiger partial charge in [-0.2, -0.15) is 5.10 Å². The fourth-order valence-corrected chi connectivity index (χ4v) is 2.03. The molecule has 1 fully saturated rings. The van der Waals surface area contributed by atoms with Crippen LogP contribution in [-0.4, -0.2) is 14.8 Å². The summed E-state index contributed by atoms with van der Waals surface area (Å²) in [6.07, 6.45) is 6.17. The fourth-order valence-electron chi connectivity index (χ4n) is 2.03. The Morgan fingerprint density at radius 2 is 2.27 bits per heavy atom. The zero-order valence-corrected chi connectivity index (χ0v) is 8.72. The highest BCUT2D eigenvalue weighted by Crippen LogP contribution is 2.39. The SMILES string of the molecule is C[C@H](C1CC1)n1ncc2cc(N)cnc21. The van der Waals surface area contributed by atoms with E-state index in [0.717, 1.165) is 17.0 Å². The van der Waals surface area contributed by atoms with E-state index in [1.807, 2.05) is 16.9 Å². The van der Waals surface area contributed by atoms with Crippen LogP contribution in [0.3, 0.4) is 0 Å². The van der Waals surface area contributed by atoms with Gasteiger partial charge >= 0.3 is 0 Å². The third kappa shape index (κ3) is 1.37. The van der Waals surface area contributed by atoms with Crippen molar-refractivity contribution in [2.75, 3.05) is 5.73 Å². The molecule has 0 amide bonds. The van der Waals surface area contributed by atoms with E-state index in [-0.39, 0.29) is 0 Å². The van der Waals surface area contributed by atoms with Crippen molar-refractivity contribution in [3.8, 4) is 0 Å². The van der Waals surface area contributed by atoms with Crippen LogP contribution >= 0.6 is 0 Å². The normalized spacial score (nSPS) is 18.2. The van der Waals surface area contributed by atoms with Gasteiger partial charge in [-0.3, -0.25) is 0 Å². The van der Waals surface area contributed by atoms with E-state index in [4.69, 9.17) is 5.73 Å². The average Bonchev–Trinajstić information content (AvgIpc) is 2.98. The molecule has 0 spiro atoms. The minimum absolute atomic E-state index is 0.457. The maximum Gasteiger partial charge on any atom is 0.158 e. The lowest BCUT2D eigenvalue weighted by atomic mass is 10.2. The molecule has 2 aromatic rings. The van der Waals surface area contributed by atoms with Crippen LogP contribution in [0.2, 0.25) is 0 Å². The van der Waals surface area contributed by atoms with Gasteiger partial charge in [-0.25, -0.2) is 9.67 Å². The number of anilines is 1. The third-order valence-electron chi connectivity index (χ3n) is 3.14. The van der Waals surface area contributed by atoms with Gasteiger partial charge in [0.2, 0.25) is 0 Å². The number of nitrogen functional groups attached to an aromatic ring is 1.